The van der Waals surface area contributed by atoms with Crippen molar-refractivity contribution in [1.82, 2.24) is 4.31 Å². The lowest BCUT2D eigenvalue weighted by molar-refractivity contribution is -0.115. The van der Waals surface area contributed by atoms with Crippen molar-refractivity contribution in [2.45, 2.75) is 30.6 Å². The van der Waals surface area contributed by atoms with E-state index in [0.29, 0.717) is 18.7 Å². The summed E-state index contributed by atoms with van der Waals surface area (Å²) in [5.74, 6) is -0.856. The fraction of sp³-hybridized carbons (Fsp3) is 0.316. The molecule has 1 aliphatic rings. The highest BCUT2D eigenvalue weighted by atomic mass is 32.2. The number of nitrogens with zero attached hydrogens (tertiary/aromatic N) is 1. The first-order valence-corrected chi connectivity index (χ1v) is 10.0. The van der Waals surface area contributed by atoms with Gasteiger partial charge >= 0.3 is 0 Å². The lowest BCUT2D eigenvalue weighted by Crippen LogP contribution is -2.35. The number of hydrogen-bond acceptors (Lipinski definition) is 3. The molecule has 0 aromatic heterocycles. The zero-order valence-corrected chi connectivity index (χ0v) is 15.1. The highest BCUT2D eigenvalue weighted by Crippen LogP contribution is 2.21. The van der Waals surface area contributed by atoms with Crippen LogP contribution in [0.4, 0.5) is 10.1 Å². The van der Waals surface area contributed by atoms with E-state index in [2.05, 4.69) is 5.32 Å². The third-order valence-corrected chi connectivity index (χ3v) is 6.30. The lowest BCUT2D eigenvalue weighted by Gasteiger charge is -2.25. The maximum absolute atomic E-state index is 13.6. The number of halogens is 1. The van der Waals surface area contributed by atoms with E-state index in [4.69, 9.17) is 0 Å². The summed E-state index contributed by atoms with van der Waals surface area (Å²) in [6.45, 7) is 1.10. The topological polar surface area (TPSA) is 66.5 Å². The first kappa shape index (κ1) is 18.5. The van der Waals surface area contributed by atoms with E-state index in [1.165, 1.54) is 28.6 Å². The molecule has 26 heavy (non-hydrogen) atoms. The van der Waals surface area contributed by atoms with E-state index in [1.807, 2.05) is 0 Å². The molecule has 0 spiro atoms. The van der Waals surface area contributed by atoms with Crippen LogP contribution in [0.3, 0.4) is 0 Å². The normalized spacial score (nSPS) is 15.6. The second-order valence-electron chi connectivity index (χ2n) is 6.31. The highest BCUT2D eigenvalue weighted by Gasteiger charge is 2.25. The number of sulfonamides is 1. The predicted molar refractivity (Wildman–Crippen MR) is 97.8 cm³/mol. The van der Waals surface area contributed by atoms with E-state index in [1.54, 1.807) is 24.3 Å². The van der Waals surface area contributed by atoms with Gasteiger partial charge in [-0.05, 0) is 42.7 Å². The Bertz CT molecular complexity index is 876. The smallest absolute Gasteiger partial charge is 0.243 e. The van der Waals surface area contributed by atoms with Crippen LogP contribution in [0.2, 0.25) is 0 Å². The number of hydrogen-bond donors (Lipinski definition) is 1. The molecular formula is C19H21FN2O3S. The molecule has 7 heteroatoms. The lowest BCUT2D eigenvalue weighted by atomic mass is 10.1. The van der Waals surface area contributed by atoms with Gasteiger partial charge in [0.15, 0.2) is 0 Å². The molecule has 1 fully saturated rings. The second kappa shape index (κ2) is 7.97. The molecule has 1 heterocycles. The molecular weight excluding hydrogens is 355 g/mol. The quantitative estimate of drug-likeness (QED) is 0.872. The molecule has 0 radical (unpaired) electrons. The monoisotopic (exact) mass is 376 g/mol. The Kier molecular flexibility index (Phi) is 5.68. The number of para-hydroxylation sites is 1. The van der Waals surface area contributed by atoms with Gasteiger partial charge in [0.1, 0.15) is 5.82 Å². The van der Waals surface area contributed by atoms with Crippen molar-refractivity contribution in [3.05, 3.63) is 59.9 Å². The number of carbonyl (C=O) groups excluding carboxylic acids is 1. The summed E-state index contributed by atoms with van der Waals surface area (Å²) in [6, 6.07) is 12.2. The number of rotatable bonds is 5. The average molecular weight is 376 g/mol. The number of anilines is 1. The van der Waals surface area contributed by atoms with Gasteiger partial charge in [0, 0.05) is 13.1 Å². The van der Waals surface area contributed by atoms with Crippen LogP contribution in [0.5, 0.6) is 0 Å². The number of benzene rings is 2. The first-order valence-electron chi connectivity index (χ1n) is 8.60. The van der Waals surface area contributed by atoms with Crippen LogP contribution in [0.1, 0.15) is 24.8 Å². The van der Waals surface area contributed by atoms with Crippen molar-refractivity contribution in [3.63, 3.8) is 0 Å². The summed E-state index contributed by atoms with van der Waals surface area (Å²) in [5.41, 5.74) is 0.790. The minimum atomic E-state index is -3.48. The standard InChI is InChI=1S/C19H21FN2O3S/c20-17-6-2-3-7-18(17)21-19(23)14-15-8-10-16(11-9-15)26(24,25)22-12-4-1-5-13-22/h2-3,6-11H,1,4-5,12-14H2,(H,21,23). The fourth-order valence-corrected chi connectivity index (χ4v) is 4.49. The molecule has 0 saturated carbocycles. The number of piperidine rings is 1. The summed E-state index contributed by atoms with van der Waals surface area (Å²) in [7, 11) is -3.48. The van der Waals surface area contributed by atoms with Gasteiger partial charge in [-0.1, -0.05) is 30.7 Å². The van der Waals surface area contributed by atoms with Gasteiger partial charge in [-0.2, -0.15) is 4.31 Å². The van der Waals surface area contributed by atoms with Crippen molar-refractivity contribution < 1.29 is 17.6 Å². The van der Waals surface area contributed by atoms with Crippen LogP contribution < -0.4 is 5.32 Å². The van der Waals surface area contributed by atoms with Crippen LogP contribution in [0.15, 0.2) is 53.4 Å². The van der Waals surface area contributed by atoms with E-state index in [0.717, 1.165) is 19.3 Å². The van der Waals surface area contributed by atoms with Gasteiger partial charge in [-0.25, -0.2) is 12.8 Å². The first-order chi connectivity index (χ1) is 12.5. The zero-order chi connectivity index (χ0) is 18.6. The average Bonchev–Trinajstić information content (AvgIpc) is 2.65. The van der Waals surface area contributed by atoms with Crippen LogP contribution in [0, 0.1) is 5.82 Å². The van der Waals surface area contributed by atoms with Crippen molar-refractivity contribution >= 4 is 21.6 Å². The van der Waals surface area contributed by atoms with Gasteiger partial charge in [-0.3, -0.25) is 4.79 Å². The molecule has 0 atom stereocenters. The summed E-state index contributed by atoms with van der Waals surface area (Å²) in [4.78, 5) is 12.3. The summed E-state index contributed by atoms with van der Waals surface area (Å²) < 4.78 is 40.3. The van der Waals surface area contributed by atoms with E-state index < -0.39 is 15.8 Å². The Morgan fingerprint density at radius 3 is 2.31 bits per heavy atom. The van der Waals surface area contributed by atoms with Gasteiger partial charge in [0.2, 0.25) is 15.9 Å². The Hall–Kier alpha value is -2.25. The van der Waals surface area contributed by atoms with Gasteiger partial charge in [-0.15, -0.1) is 0 Å². The van der Waals surface area contributed by atoms with Crippen LogP contribution in [-0.4, -0.2) is 31.7 Å². The number of amides is 1. The molecule has 0 unspecified atom stereocenters. The molecule has 1 saturated heterocycles. The summed E-state index contributed by atoms with van der Waals surface area (Å²) >= 11 is 0. The van der Waals surface area contributed by atoms with E-state index in [9.17, 15) is 17.6 Å². The number of carbonyl (C=O) groups is 1. The fourth-order valence-electron chi connectivity index (χ4n) is 2.98. The summed E-state index contributed by atoms with van der Waals surface area (Å²) in [5, 5.41) is 2.51. The Morgan fingerprint density at radius 2 is 1.65 bits per heavy atom. The Balaban J connectivity index is 1.66. The molecule has 0 aliphatic carbocycles. The molecule has 5 nitrogen and oxygen atoms in total. The molecule has 1 aliphatic heterocycles. The van der Waals surface area contributed by atoms with Crippen molar-refractivity contribution in [2.24, 2.45) is 0 Å². The highest BCUT2D eigenvalue weighted by molar-refractivity contribution is 7.89. The minimum absolute atomic E-state index is 0.0401. The largest absolute Gasteiger partial charge is 0.323 e. The molecule has 0 bridgehead atoms. The maximum atomic E-state index is 13.6. The van der Waals surface area contributed by atoms with Gasteiger partial charge in [0.05, 0.1) is 17.0 Å². The third-order valence-electron chi connectivity index (χ3n) is 4.39. The van der Waals surface area contributed by atoms with Crippen LogP contribution >= 0.6 is 0 Å². The third kappa shape index (κ3) is 4.28. The molecule has 3 rings (SSSR count). The van der Waals surface area contributed by atoms with Crippen molar-refractivity contribution in [1.29, 1.82) is 0 Å². The van der Waals surface area contributed by atoms with Crippen LogP contribution in [0.25, 0.3) is 0 Å². The predicted octanol–water partition coefficient (Wildman–Crippen LogP) is 3.18. The van der Waals surface area contributed by atoms with E-state index in [-0.39, 0.29) is 22.9 Å². The SMILES string of the molecule is O=C(Cc1ccc(S(=O)(=O)N2CCCCC2)cc1)Nc1ccccc1F. The van der Waals surface area contributed by atoms with Gasteiger partial charge < -0.3 is 5.32 Å². The second-order valence-corrected chi connectivity index (χ2v) is 8.25. The molecule has 2 aromatic rings. The molecule has 1 N–H and O–H groups in total. The van der Waals surface area contributed by atoms with E-state index >= 15 is 0 Å². The molecule has 1 amide bonds. The molecule has 138 valence electrons. The van der Waals surface area contributed by atoms with Crippen molar-refractivity contribution in [2.75, 3.05) is 18.4 Å². The van der Waals surface area contributed by atoms with Crippen LogP contribution in [-0.2, 0) is 21.2 Å². The Morgan fingerprint density at radius 1 is 1.00 bits per heavy atom. The van der Waals surface area contributed by atoms with Crippen molar-refractivity contribution in [3.8, 4) is 0 Å². The number of nitrogens with one attached hydrogen (secondary N) is 1. The summed E-state index contributed by atoms with van der Waals surface area (Å²) in [6.07, 6.45) is 2.86. The maximum Gasteiger partial charge on any atom is 0.243 e. The minimum Gasteiger partial charge on any atom is -0.323 e. The zero-order valence-electron chi connectivity index (χ0n) is 14.3. The van der Waals surface area contributed by atoms with Gasteiger partial charge in [0.25, 0.3) is 0 Å². The molecule has 2 aromatic carbocycles. The Labute approximate surface area is 152 Å².